The molecule has 0 bridgehead atoms. The molecule has 152 valence electrons. The fourth-order valence-corrected chi connectivity index (χ4v) is 3.20. The van der Waals surface area contributed by atoms with Gasteiger partial charge in [0.25, 0.3) is 5.91 Å². The highest BCUT2D eigenvalue weighted by atomic mass is 35.5. The van der Waals surface area contributed by atoms with Gasteiger partial charge in [0.1, 0.15) is 11.4 Å². The lowest BCUT2D eigenvalue weighted by atomic mass is 10.1. The average molecular weight is 417 g/mol. The summed E-state index contributed by atoms with van der Waals surface area (Å²) in [6, 6.07) is 7.11. The van der Waals surface area contributed by atoms with Crippen LogP contribution in [0.5, 0.6) is 0 Å². The molecule has 0 fully saturated rings. The number of hydrogen-bond donors (Lipinski definition) is 1. The zero-order chi connectivity index (χ0) is 21.0. The number of amides is 1. The van der Waals surface area contributed by atoms with E-state index >= 15 is 0 Å². The van der Waals surface area contributed by atoms with Gasteiger partial charge in [-0.2, -0.15) is 10.2 Å². The van der Waals surface area contributed by atoms with E-state index in [4.69, 9.17) is 11.6 Å². The van der Waals surface area contributed by atoms with Gasteiger partial charge in [-0.1, -0.05) is 23.7 Å². The maximum absolute atomic E-state index is 12.3. The average Bonchev–Trinajstić information content (AvgIpc) is 3.21. The van der Waals surface area contributed by atoms with E-state index in [0.717, 1.165) is 12.0 Å². The maximum Gasteiger partial charge on any atom is 0.312 e. The molecule has 0 aliphatic heterocycles. The lowest BCUT2D eigenvalue weighted by Gasteiger charge is -2.07. The van der Waals surface area contributed by atoms with E-state index in [0.29, 0.717) is 41.6 Å². The lowest BCUT2D eigenvalue weighted by Crippen LogP contribution is -2.25. The van der Waals surface area contributed by atoms with Crippen LogP contribution in [0.3, 0.4) is 0 Å². The van der Waals surface area contributed by atoms with E-state index in [1.54, 1.807) is 47.7 Å². The Bertz CT molecular complexity index is 1030. The molecule has 10 heteroatoms. The molecular weight excluding hydrogens is 396 g/mol. The van der Waals surface area contributed by atoms with Gasteiger partial charge in [0.15, 0.2) is 0 Å². The minimum atomic E-state index is -0.414. The van der Waals surface area contributed by atoms with Crippen molar-refractivity contribution in [1.82, 2.24) is 24.9 Å². The Kier molecular flexibility index (Phi) is 6.28. The van der Waals surface area contributed by atoms with Crippen LogP contribution in [-0.4, -0.2) is 36.9 Å². The van der Waals surface area contributed by atoms with Gasteiger partial charge in [-0.3, -0.25) is 24.3 Å². The Morgan fingerprint density at radius 2 is 2.00 bits per heavy atom. The number of nitrogens with zero attached hydrogens (tertiary/aromatic N) is 5. The molecule has 3 aromatic rings. The molecule has 0 spiro atoms. The number of rotatable bonds is 8. The molecule has 1 N–H and O–H groups in total. The summed E-state index contributed by atoms with van der Waals surface area (Å²) >= 11 is 5.81. The number of hydrogen-bond acceptors (Lipinski definition) is 5. The summed E-state index contributed by atoms with van der Waals surface area (Å²) in [7, 11) is 0. The summed E-state index contributed by atoms with van der Waals surface area (Å²) in [5.41, 5.74) is 2.39. The Morgan fingerprint density at radius 3 is 2.59 bits per heavy atom. The van der Waals surface area contributed by atoms with Crippen molar-refractivity contribution < 1.29 is 9.72 Å². The number of nitrogens with one attached hydrogen (secondary N) is 1. The molecule has 0 atom stereocenters. The Hall–Kier alpha value is -3.20. The summed E-state index contributed by atoms with van der Waals surface area (Å²) in [6.07, 6.45) is 4.05. The van der Waals surface area contributed by atoms with Gasteiger partial charge in [0.2, 0.25) is 0 Å². The molecule has 1 aromatic carbocycles. The fourth-order valence-electron chi connectivity index (χ4n) is 3.05. The normalized spacial score (nSPS) is 10.9. The van der Waals surface area contributed by atoms with Crippen LogP contribution < -0.4 is 5.32 Å². The number of carbonyl (C=O) groups excluding carboxylic acids is 1. The van der Waals surface area contributed by atoms with Crippen molar-refractivity contribution in [1.29, 1.82) is 0 Å². The zero-order valence-corrected chi connectivity index (χ0v) is 16.9. The monoisotopic (exact) mass is 416 g/mol. The molecule has 9 nitrogen and oxygen atoms in total. The van der Waals surface area contributed by atoms with Crippen LogP contribution in [0.25, 0.3) is 0 Å². The molecular formula is C19H21ClN6O3. The van der Waals surface area contributed by atoms with Crippen LogP contribution in [0, 0.1) is 24.0 Å². The van der Waals surface area contributed by atoms with Crippen molar-refractivity contribution in [3.05, 3.63) is 74.3 Å². The molecule has 2 aromatic heterocycles. The molecule has 2 heterocycles. The number of aromatic nitrogens is 4. The van der Waals surface area contributed by atoms with Gasteiger partial charge in [-0.15, -0.1) is 0 Å². The van der Waals surface area contributed by atoms with E-state index in [1.165, 1.54) is 0 Å². The topological polar surface area (TPSA) is 108 Å². The standard InChI is InChI=1S/C19H21ClN6O3/c1-13-18(26(28)29)14(2)25(23-13)11-15-4-6-16(7-5-15)19(27)21-8-3-9-24-12-17(20)10-22-24/h4-7,10,12H,3,8-9,11H2,1-2H3,(H,21,27). The Balaban J connectivity index is 1.53. The third-order valence-electron chi connectivity index (χ3n) is 4.53. The molecule has 0 saturated heterocycles. The van der Waals surface area contributed by atoms with Crippen molar-refractivity contribution >= 4 is 23.2 Å². The largest absolute Gasteiger partial charge is 0.352 e. The second-order valence-corrected chi connectivity index (χ2v) is 7.10. The van der Waals surface area contributed by atoms with Gasteiger partial charge in [-0.05, 0) is 38.0 Å². The van der Waals surface area contributed by atoms with Gasteiger partial charge < -0.3 is 5.32 Å². The van der Waals surface area contributed by atoms with Crippen molar-refractivity contribution in [3.8, 4) is 0 Å². The summed E-state index contributed by atoms with van der Waals surface area (Å²) in [6.45, 7) is 4.89. The first-order valence-corrected chi connectivity index (χ1v) is 9.46. The molecule has 0 aliphatic rings. The van der Waals surface area contributed by atoms with Gasteiger partial charge in [0.05, 0.1) is 22.7 Å². The number of aryl methyl sites for hydroxylation is 2. The SMILES string of the molecule is Cc1nn(Cc2ccc(C(=O)NCCCn3cc(Cl)cn3)cc2)c(C)c1[N+](=O)[O-]. The first-order chi connectivity index (χ1) is 13.8. The fraction of sp³-hybridized carbons (Fsp3) is 0.316. The molecule has 1 amide bonds. The first kappa shape index (κ1) is 20.5. The van der Waals surface area contributed by atoms with Crippen LogP contribution in [0.2, 0.25) is 5.02 Å². The van der Waals surface area contributed by atoms with E-state index in [1.807, 2.05) is 12.1 Å². The molecule has 0 aliphatic carbocycles. The highest BCUT2D eigenvalue weighted by Crippen LogP contribution is 2.22. The van der Waals surface area contributed by atoms with Crippen LogP contribution in [0.15, 0.2) is 36.7 Å². The minimum absolute atomic E-state index is 0.0402. The summed E-state index contributed by atoms with van der Waals surface area (Å²) < 4.78 is 3.33. The van der Waals surface area contributed by atoms with Crippen LogP contribution in [0.1, 0.15) is 33.7 Å². The zero-order valence-electron chi connectivity index (χ0n) is 16.1. The third kappa shape index (κ3) is 5.00. The summed E-state index contributed by atoms with van der Waals surface area (Å²) in [4.78, 5) is 23.0. The molecule has 3 rings (SSSR count). The van der Waals surface area contributed by atoms with Gasteiger partial charge in [-0.25, -0.2) is 0 Å². The minimum Gasteiger partial charge on any atom is -0.352 e. The van der Waals surface area contributed by atoms with Gasteiger partial charge >= 0.3 is 5.69 Å². The smallest absolute Gasteiger partial charge is 0.312 e. The molecule has 29 heavy (non-hydrogen) atoms. The summed E-state index contributed by atoms with van der Waals surface area (Å²) in [5, 5.41) is 22.9. The van der Waals surface area contributed by atoms with Crippen molar-refractivity contribution in [2.75, 3.05) is 6.54 Å². The number of nitro groups is 1. The Morgan fingerprint density at radius 1 is 1.28 bits per heavy atom. The predicted molar refractivity (Wildman–Crippen MR) is 108 cm³/mol. The van der Waals surface area contributed by atoms with Gasteiger partial charge in [0, 0.05) is 24.8 Å². The highest BCUT2D eigenvalue weighted by molar-refractivity contribution is 6.30. The quantitative estimate of drug-likeness (QED) is 0.345. The number of halogens is 1. The van der Waals surface area contributed by atoms with Crippen LogP contribution in [0.4, 0.5) is 5.69 Å². The second kappa shape index (κ2) is 8.87. The maximum atomic E-state index is 12.3. The lowest BCUT2D eigenvalue weighted by molar-refractivity contribution is -0.386. The van der Waals surface area contributed by atoms with Crippen molar-refractivity contribution in [3.63, 3.8) is 0 Å². The Labute approximate surface area is 172 Å². The summed E-state index contributed by atoms with van der Waals surface area (Å²) in [5.74, 6) is -0.156. The van der Waals surface area contributed by atoms with Crippen LogP contribution >= 0.6 is 11.6 Å². The predicted octanol–water partition coefficient (Wildman–Crippen LogP) is 3.13. The highest BCUT2D eigenvalue weighted by Gasteiger charge is 2.21. The molecule has 0 radical (unpaired) electrons. The van der Waals surface area contributed by atoms with E-state index in [9.17, 15) is 14.9 Å². The van der Waals surface area contributed by atoms with Crippen molar-refractivity contribution in [2.45, 2.75) is 33.4 Å². The number of carbonyl (C=O) groups is 1. The van der Waals surface area contributed by atoms with Crippen molar-refractivity contribution in [2.24, 2.45) is 0 Å². The van der Waals surface area contributed by atoms with Crippen LogP contribution in [-0.2, 0) is 13.1 Å². The second-order valence-electron chi connectivity index (χ2n) is 6.66. The first-order valence-electron chi connectivity index (χ1n) is 9.08. The van der Waals surface area contributed by atoms with E-state index in [-0.39, 0.29) is 11.6 Å². The number of benzene rings is 1. The van der Waals surface area contributed by atoms with E-state index < -0.39 is 4.92 Å². The third-order valence-corrected chi connectivity index (χ3v) is 4.72. The molecule has 0 unspecified atom stereocenters. The van der Waals surface area contributed by atoms with E-state index in [2.05, 4.69) is 15.5 Å². The molecule has 0 saturated carbocycles.